The summed E-state index contributed by atoms with van der Waals surface area (Å²) in [5, 5.41) is 3.42. The second-order valence-corrected chi connectivity index (χ2v) is 9.64. The van der Waals surface area contributed by atoms with E-state index in [0.29, 0.717) is 18.8 Å². The van der Waals surface area contributed by atoms with Crippen LogP contribution in [0.25, 0.3) is 0 Å². The minimum Gasteiger partial charge on any atom is -0.356 e. The number of guanidine groups is 1. The molecule has 7 nitrogen and oxygen atoms in total. The van der Waals surface area contributed by atoms with Gasteiger partial charge in [0.2, 0.25) is 0 Å². The van der Waals surface area contributed by atoms with E-state index in [9.17, 15) is 8.42 Å². The highest BCUT2D eigenvalue weighted by atomic mass is 32.2. The predicted octanol–water partition coefficient (Wildman–Crippen LogP) is 1.16. The van der Waals surface area contributed by atoms with Crippen LogP contribution in [0.4, 0.5) is 5.82 Å². The van der Waals surface area contributed by atoms with Gasteiger partial charge in [-0.2, -0.15) is 0 Å². The second kappa shape index (κ2) is 8.73. The molecular weight excluding hydrogens is 362 g/mol. The zero-order chi connectivity index (χ0) is 19.3. The van der Waals surface area contributed by atoms with Crippen molar-refractivity contribution < 1.29 is 8.42 Å². The molecular formula is C19H29N5O2S. The van der Waals surface area contributed by atoms with Crippen molar-refractivity contribution in [3.05, 3.63) is 36.5 Å². The molecule has 0 aliphatic carbocycles. The first-order valence-corrected chi connectivity index (χ1v) is 11.3. The fraction of sp³-hybridized carbons (Fsp3) is 0.579. The van der Waals surface area contributed by atoms with Gasteiger partial charge >= 0.3 is 0 Å². The summed E-state index contributed by atoms with van der Waals surface area (Å²) in [4.78, 5) is 13.6. The number of piperazine rings is 1. The summed E-state index contributed by atoms with van der Waals surface area (Å²) in [6, 6.07) is 5.96. The third-order valence-corrected chi connectivity index (χ3v) is 6.76. The van der Waals surface area contributed by atoms with Crippen LogP contribution in [0, 0.1) is 5.92 Å². The fourth-order valence-electron chi connectivity index (χ4n) is 3.43. The van der Waals surface area contributed by atoms with Gasteiger partial charge in [-0.25, -0.2) is 18.4 Å². The number of hydrogen-bond acceptors (Lipinski definition) is 5. The Hall–Kier alpha value is -2.09. The van der Waals surface area contributed by atoms with E-state index in [4.69, 9.17) is 4.99 Å². The zero-order valence-corrected chi connectivity index (χ0v) is 16.8. The van der Waals surface area contributed by atoms with Gasteiger partial charge in [0.15, 0.2) is 15.8 Å². The van der Waals surface area contributed by atoms with Crippen molar-refractivity contribution in [1.29, 1.82) is 0 Å². The summed E-state index contributed by atoms with van der Waals surface area (Å²) in [5.74, 6) is 2.60. The van der Waals surface area contributed by atoms with Gasteiger partial charge in [0.1, 0.15) is 5.82 Å². The molecule has 3 rings (SSSR count). The van der Waals surface area contributed by atoms with Crippen LogP contribution in [0.5, 0.6) is 0 Å². The normalized spacial score (nSPS) is 22.7. The van der Waals surface area contributed by atoms with Gasteiger partial charge in [0, 0.05) is 38.9 Å². The number of nitrogens with zero attached hydrogens (tertiary/aromatic N) is 4. The molecule has 1 atom stereocenters. The molecule has 2 fully saturated rings. The Morgan fingerprint density at radius 2 is 2.11 bits per heavy atom. The molecule has 8 heteroatoms. The average molecular weight is 392 g/mol. The molecule has 0 bridgehead atoms. The number of anilines is 1. The summed E-state index contributed by atoms with van der Waals surface area (Å²) < 4.78 is 23.4. The lowest BCUT2D eigenvalue weighted by molar-refractivity contribution is 0.367. The van der Waals surface area contributed by atoms with E-state index in [2.05, 4.69) is 26.7 Å². The van der Waals surface area contributed by atoms with Gasteiger partial charge in [-0.1, -0.05) is 18.2 Å². The monoisotopic (exact) mass is 391 g/mol. The number of rotatable bonds is 5. The molecule has 0 amide bonds. The minimum atomic E-state index is -2.85. The molecule has 1 unspecified atom stereocenters. The number of nitrogens with one attached hydrogen (secondary N) is 1. The van der Waals surface area contributed by atoms with E-state index < -0.39 is 9.84 Å². The first kappa shape index (κ1) is 19.7. The maximum Gasteiger partial charge on any atom is 0.194 e. The highest BCUT2D eigenvalue weighted by Gasteiger charge is 2.28. The summed E-state index contributed by atoms with van der Waals surface area (Å²) in [5.41, 5.74) is 1.00. The lowest BCUT2D eigenvalue weighted by atomic mass is 10.1. The summed E-state index contributed by atoms with van der Waals surface area (Å²) >= 11 is 0. The van der Waals surface area contributed by atoms with E-state index in [0.717, 1.165) is 50.0 Å². The van der Waals surface area contributed by atoms with Crippen LogP contribution in [0.1, 0.15) is 13.3 Å². The molecule has 2 aliphatic rings. The number of aliphatic imine (C=N–C) groups is 1. The van der Waals surface area contributed by atoms with E-state index >= 15 is 0 Å². The average Bonchev–Trinajstić information content (AvgIpc) is 3.01. The highest BCUT2D eigenvalue weighted by molar-refractivity contribution is 7.91. The van der Waals surface area contributed by atoms with Crippen molar-refractivity contribution >= 4 is 21.6 Å². The van der Waals surface area contributed by atoms with Crippen LogP contribution < -0.4 is 10.2 Å². The van der Waals surface area contributed by atoms with Crippen molar-refractivity contribution in [2.45, 2.75) is 13.3 Å². The lowest BCUT2D eigenvalue weighted by Crippen LogP contribution is -2.53. The van der Waals surface area contributed by atoms with E-state index in [-0.39, 0.29) is 11.7 Å². The number of pyridine rings is 1. The third kappa shape index (κ3) is 5.69. The molecule has 0 saturated carbocycles. The summed E-state index contributed by atoms with van der Waals surface area (Å²) in [6.45, 7) is 10.6. The molecule has 1 aromatic heterocycles. The maximum absolute atomic E-state index is 11.7. The molecule has 1 aromatic rings. The Labute approximate surface area is 162 Å². The van der Waals surface area contributed by atoms with Gasteiger partial charge < -0.3 is 15.1 Å². The Morgan fingerprint density at radius 1 is 1.33 bits per heavy atom. The van der Waals surface area contributed by atoms with Crippen LogP contribution in [0.15, 0.2) is 41.5 Å². The Bertz CT molecular complexity index is 771. The molecule has 27 heavy (non-hydrogen) atoms. The zero-order valence-electron chi connectivity index (χ0n) is 16.0. The predicted molar refractivity (Wildman–Crippen MR) is 110 cm³/mol. The van der Waals surface area contributed by atoms with Gasteiger partial charge in [-0.3, -0.25) is 0 Å². The summed E-state index contributed by atoms with van der Waals surface area (Å²) in [7, 11) is -2.85. The van der Waals surface area contributed by atoms with Crippen LogP contribution in [0.2, 0.25) is 0 Å². The molecule has 0 radical (unpaired) electrons. The second-order valence-electron chi connectivity index (χ2n) is 7.41. The fourth-order valence-corrected chi connectivity index (χ4v) is 5.30. The van der Waals surface area contributed by atoms with Crippen molar-refractivity contribution in [3.63, 3.8) is 0 Å². The van der Waals surface area contributed by atoms with E-state index in [1.807, 2.05) is 31.3 Å². The SMILES string of the molecule is C=C(C)CN=C(NCC1CCS(=O)(=O)C1)N1CCN(c2ccccn2)CC1. The Balaban J connectivity index is 1.58. The van der Waals surface area contributed by atoms with Crippen molar-refractivity contribution in [1.82, 2.24) is 15.2 Å². The Kier molecular flexibility index (Phi) is 6.36. The highest BCUT2D eigenvalue weighted by Crippen LogP contribution is 2.18. The molecule has 2 aliphatic heterocycles. The van der Waals surface area contributed by atoms with Crippen molar-refractivity contribution in [2.75, 3.05) is 55.7 Å². The molecule has 0 spiro atoms. The van der Waals surface area contributed by atoms with Crippen LogP contribution >= 0.6 is 0 Å². The quantitative estimate of drug-likeness (QED) is 0.461. The number of sulfone groups is 1. The Morgan fingerprint density at radius 3 is 2.70 bits per heavy atom. The molecule has 2 saturated heterocycles. The van der Waals surface area contributed by atoms with Gasteiger partial charge in [0.05, 0.1) is 18.1 Å². The minimum absolute atomic E-state index is 0.167. The molecule has 1 N–H and O–H groups in total. The molecule has 0 aromatic carbocycles. The first-order chi connectivity index (χ1) is 12.9. The van der Waals surface area contributed by atoms with Crippen molar-refractivity contribution in [2.24, 2.45) is 10.9 Å². The van der Waals surface area contributed by atoms with Crippen LogP contribution in [0.3, 0.4) is 0 Å². The topological polar surface area (TPSA) is 77.9 Å². The van der Waals surface area contributed by atoms with Crippen LogP contribution in [-0.2, 0) is 9.84 Å². The molecule has 3 heterocycles. The number of aromatic nitrogens is 1. The van der Waals surface area contributed by atoms with Crippen molar-refractivity contribution in [3.8, 4) is 0 Å². The van der Waals surface area contributed by atoms with E-state index in [1.165, 1.54) is 0 Å². The standard InChI is InChI=1S/C19H29N5O2S/c1-16(2)13-21-19(22-14-17-6-12-27(25,26)15-17)24-10-8-23(9-11-24)18-5-3-4-7-20-18/h3-5,7,17H,1,6,8-15H2,2H3,(H,21,22). The first-order valence-electron chi connectivity index (χ1n) is 9.47. The maximum atomic E-state index is 11.7. The number of hydrogen-bond donors (Lipinski definition) is 1. The van der Waals surface area contributed by atoms with Gasteiger partial charge in [0.25, 0.3) is 0 Å². The smallest absolute Gasteiger partial charge is 0.194 e. The lowest BCUT2D eigenvalue weighted by Gasteiger charge is -2.37. The van der Waals surface area contributed by atoms with Gasteiger partial charge in [-0.15, -0.1) is 0 Å². The molecule has 148 valence electrons. The summed E-state index contributed by atoms with van der Waals surface area (Å²) in [6.07, 6.45) is 2.55. The largest absolute Gasteiger partial charge is 0.356 e. The third-order valence-electron chi connectivity index (χ3n) is 4.93. The van der Waals surface area contributed by atoms with Gasteiger partial charge in [-0.05, 0) is 31.4 Å². The van der Waals surface area contributed by atoms with E-state index in [1.54, 1.807) is 0 Å². The van der Waals surface area contributed by atoms with Crippen LogP contribution in [-0.4, -0.2) is 75.0 Å².